The van der Waals surface area contributed by atoms with Crippen molar-refractivity contribution in [2.45, 2.75) is 0 Å². The fourth-order valence-electron chi connectivity index (χ4n) is 0. The van der Waals surface area contributed by atoms with Crippen LogP contribution in [-0.2, 0) is 27.0 Å². The summed E-state index contributed by atoms with van der Waals surface area (Å²) in [4.78, 5) is 18.2. The average Bonchev–Trinajstić information content (AvgIpc) is 1.36. The molecule has 0 fully saturated rings. The zero-order valence-corrected chi connectivity index (χ0v) is 5.39. The minimum Gasteiger partial charge on any atom is -0.473 e. The first-order chi connectivity index (χ1) is 2.64. The molecule has 0 amide bonds. The molecule has 0 aromatic carbocycles. The maximum atomic E-state index is 9.10. The van der Waals surface area contributed by atoms with E-state index in [4.69, 9.17) is 19.8 Å². The average molecular weight is 178 g/mol. The van der Waals surface area contributed by atoms with Gasteiger partial charge in [-0.1, -0.05) is 0 Å². The third kappa shape index (κ3) is 18.7. The van der Waals surface area contributed by atoms with Crippen molar-refractivity contribution in [2.24, 2.45) is 0 Å². The molecule has 0 radical (unpaired) electrons. The van der Waals surface area contributed by atoms with Gasteiger partial charge in [0.25, 0.3) is 0 Å². The van der Waals surface area contributed by atoms with Gasteiger partial charge in [0, 0.05) is 17.4 Å². The second-order valence-corrected chi connectivity index (χ2v) is 0.610. The summed E-state index contributed by atoms with van der Waals surface area (Å²) in [6, 6.07) is 0. The Morgan fingerprint density at radius 3 is 1.00 bits per heavy atom. The van der Waals surface area contributed by atoms with E-state index in [9.17, 15) is 0 Å². The standard InChI is InChI=1S/C2H2O4.Cr.2H2O/c3-1(4)2(5)6;;;/h(H,3,4)(H,5,6);;2*1H2. The largest absolute Gasteiger partial charge is 0.473 e. The molecule has 6 nitrogen and oxygen atoms in total. The number of aliphatic carboxylic acids is 2. The summed E-state index contributed by atoms with van der Waals surface area (Å²) in [5, 5.41) is 14.8. The monoisotopic (exact) mass is 178 g/mol. The molecule has 0 rings (SSSR count). The quantitative estimate of drug-likeness (QED) is 0.396. The van der Waals surface area contributed by atoms with Gasteiger partial charge in [0.2, 0.25) is 0 Å². The van der Waals surface area contributed by atoms with E-state index in [0.29, 0.717) is 0 Å². The van der Waals surface area contributed by atoms with Gasteiger partial charge in [0.05, 0.1) is 0 Å². The normalized spacial score (nSPS) is 4.89. The molecule has 0 aliphatic carbocycles. The van der Waals surface area contributed by atoms with E-state index in [2.05, 4.69) is 0 Å². The molecule has 0 heterocycles. The zero-order valence-electron chi connectivity index (χ0n) is 4.12. The summed E-state index contributed by atoms with van der Waals surface area (Å²) < 4.78 is 0. The minimum absolute atomic E-state index is 0. The predicted molar refractivity (Wildman–Crippen MR) is 22.5 cm³/mol. The number of carboxylic acid groups (broad SMARTS) is 2. The van der Waals surface area contributed by atoms with Gasteiger partial charge in [-0.3, -0.25) is 0 Å². The van der Waals surface area contributed by atoms with Gasteiger partial charge in [0.1, 0.15) is 0 Å². The first-order valence-electron chi connectivity index (χ1n) is 1.11. The first kappa shape index (κ1) is 23.8. The molecule has 0 aliphatic heterocycles. The molecule has 0 aromatic rings. The minimum atomic E-state index is -1.82. The van der Waals surface area contributed by atoms with Gasteiger partial charge in [-0.15, -0.1) is 0 Å². The molecule has 0 saturated heterocycles. The van der Waals surface area contributed by atoms with E-state index in [1.54, 1.807) is 0 Å². The van der Waals surface area contributed by atoms with E-state index in [0.717, 1.165) is 0 Å². The van der Waals surface area contributed by atoms with Crippen LogP contribution in [0.1, 0.15) is 0 Å². The van der Waals surface area contributed by atoms with E-state index < -0.39 is 11.9 Å². The van der Waals surface area contributed by atoms with E-state index in [-0.39, 0.29) is 28.3 Å². The van der Waals surface area contributed by atoms with Crippen LogP contribution in [0, 0.1) is 0 Å². The van der Waals surface area contributed by atoms with E-state index in [1.807, 2.05) is 0 Å². The molecule has 0 aliphatic rings. The van der Waals surface area contributed by atoms with Crippen molar-refractivity contribution in [1.29, 1.82) is 0 Å². The second-order valence-electron chi connectivity index (χ2n) is 0.610. The molecule has 0 spiro atoms. The third-order valence-electron chi connectivity index (χ3n) is 0.183. The Hall–Kier alpha value is -0.608. The fraction of sp³-hybridized carbons (Fsp3) is 0. The molecule has 7 heteroatoms. The van der Waals surface area contributed by atoms with Crippen LogP contribution in [0.4, 0.5) is 0 Å². The fourth-order valence-corrected chi connectivity index (χ4v) is 0. The topological polar surface area (TPSA) is 138 Å². The molecule has 0 atom stereocenters. The Kier molecular flexibility index (Phi) is 27.4. The first-order valence-corrected chi connectivity index (χ1v) is 1.11. The smallest absolute Gasteiger partial charge is 0.414 e. The van der Waals surface area contributed by atoms with Crippen molar-refractivity contribution in [1.82, 2.24) is 0 Å². The summed E-state index contributed by atoms with van der Waals surface area (Å²) in [5.41, 5.74) is 0. The molecule has 0 aromatic heterocycles. The van der Waals surface area contributed by atoms with E-state index in [1.165, 1.54) is 0 Å². The Morgan fingerprint density at radius 1 is 0.889 bits per heavy atom. The second kappa shape index (κ2) is 10.4. The zero-order chi connectivity index (χ0) is 5.15. The molecular weight excluding hydrogens is 172 g/mol. The van der Waals surface area contributed by atoms with Crippen LogP contribution in [0.15, 0.2) is 0 Å². The van der Waals surface area contributed by atoms with Gasteiger partial charge in [-0.25, -0.2) is 9.59 Å². The van der Waals surface area contributed by atoms with Crippen molar-refractivity contribution in [3.8, 4) is 0 Å². The number of hydrogen-bond acceptors (Lipinski definition) is 2. The Bertz CT molecular complexity index is 77.1. The van der Waals surface area contributed by atoms with Crippen LogP contribution in [0.25, 0.3) is 0 Å². The summed E-state index contributed by atoms with van der Waals surface area (Å²) >= 11 is 0. The maximum absolute atomic E-state index is 9.10. The molecule has 56 valence electrons. The number of hydrogen-bond donors (Lipinski definition) is 2. The van der Waals surface area contributed by atoms with Gasteiger partial charge < -0.3 is 21.2 Å². The van der Waals surface area contributed by atoms with Crippen LogP contribution in [-0.4, -0.2) is 33.1 Å². The number of carboxylic acids is 2. The summed E-state index contributed by atoms with van der Waals surface area (Å²) in [7, 11) is 0. The third-order valence-corrected chi connectivity index (χ3v) is 0.183. The summed E-state index contributed by atoms with van der Waals surface area (Å²) in [5.74, 6) is -3.65. The summed E-state index contributed by atoms with van der Waals surface area (Å²) in [6.07, 6.45) is 0. The Balaban J connectivity index is -0.0000000417. The molecule has 6 N–H and O–H groups in total. The Morgan fingerprint density at radius 2 is 1.00 bits per heavy atom. The molecule has 0 unspecified atom stereocenters. The van der Waals surface area contributed by atoms with Crippen LogP contribution in [0.2, 0.25) is 0 Å². The summed E-state index contributed by atoms with van der Waals surface area (Å²) in [6.45, 7) is 0. The predicted octanol–water partition coefficient (Wildman–Crippen LogP) is -2.50. The van der Waals surface area contributed by atoms with Crippen molar-refractivity contribution < 1.29 is 48.1 Å². The number of carbonyl (C=O) groups is 2. The number of rotatable bonds is 0. The van der Waals surface area contributed by atoms with Gasteiger partial charge >= 0.3 is 11.9 Å². The van der Waals surface area contributed by atoms with Crippen LogP contribution < -0.4 is 0 Å². The van der Waals surface area contributed by atoms with Crippen molar-refractivity contribution >= 4 is 11.9 Å². The SMILES string of the molecule is O.O.O=C(O)C(=O)O.[Cr]. The molecule has 9 heavy (non-hydrogen) atoms. The van der Waals surface area contributed by atoms with Gasteiger partial charge in [-0.05, 0) is 0 Å². The van der Waals surface area contributed by atoms with E-state index >= 15 is 0 Å². The van der Waals surface area contributed by atoms with Crippen LogP contribution in [0.3, 0.4) is 0 Å². The van der Waals surface area contributed by atoms with Crippen molar-refractivity contribution in [3.05, 3.63) is 0 Å². The van der Waals surface area contributed by atoms with Gasteiger partial charge in [0.15, 0.2) is 0 Å². The van der Waals surface area contributed by atoms with Gasteiger partial charge in [-0.2, -0.15) is 0 Å². The maximum Gasteiger partial charge on any atom is 0.414 e. The molecular formula is C2H6CrO6. The van der Waals surface area contributed by atoms with Crippen LogP contribution in [0.5, 0.6) is 0 Å². The molecule has 0 bridgehead atoms. The van der Waals surface area contributed by atoms with Crippen molar-refractivity contribution in [3.63, 3.8) is 0 Å². The van der Waals surface area contributed by atoms with Crippen molar-refractivity contribution in [2.75, 3.05) is 0 Å². The Labute approximate surface area is 60.9 Å². The molecule has 0 saturated carbocycles. The van der Waals surface area contributed by atoms with Crippen LogP contribution >= 0.6 is 0 Å².